The van der Waals surface area contributed by atoms with Gasteiger partial charge in [-0.15, -0.1) is 0 Å². The standard InChI is InChI=1S/C11H13NO3/c1-12-11(14)10(13)9-6-4-3-5-8(9)7-15-2/h3-6H,7H2,1-2H3,(H,12,14). The van der Waals surface area contributed by atoms with E-state index in [4.69, 9.17) is 4.74 Å². The van der Waals surface area contributed by atoms with E-state index in [0.717, 1.165) is 0 Å². The Morgan fingerprint density at radius 2 is 2.00 bits per heavy atom. The molecule has 0 bridgehead atoms. The van der Waals surface area contributed by atoms with E-state index in [9.17, 15) is 9.59 Å². The Labute approximate surface area is 88.2 Å². The molecule has 0 saturated carbocycles. The first-order chi connectivity index (χ1) is 7.20. The normalized spacial score (nSPS) is 9.73. The highest BCUT2D eigenvalue weighted by molar-refractivity contribution is 6.43. The van der Waals surface area contributed by atoms with E-state index >= 15 is 0 Å². The summed E-state index contributed by atoms with van der Waals surface area (Å²) in [5.41, 5.74) is 1.10. The van der Waals surface area contributed by atoms with E-state index < -0.39 is 11.7 Å². The maximum absolute atomic E-state index is 11.6. The quantitative estimate of drug-likeness (QED) is 0.586. The molecule has 1 aromatic carbocycles. The zero-order chi connectivity index (χ0) is 11.3. The number of hydrogen-bond donors (Lipinski definition) is 1. The molecule has 0 aromatic heterocycles. The number of carbonyl (C=O) groups is 2. The molecule has 15 heavy (non-hydrogen) atoms. The van der Waals surface area contributed by atoms with Gasteiger partial charge in [-0.05, 0) is 5.56 Å². The summed E-state index contributed by atoms with van der Waals surface area (Å²) in [6, 6.07) is 6.90. The zero-order valence-electron chi connectivity index (χ0n) is 8.74. The number of rotatable bonds is 4. The lowest BCUT2D eigenvalue weighted by Crippen LogP contribution is -2.28. The molecule has 4 nitrogen and oxygen atoms in total. The second-order valence-electron chi connectivity index (χ2n) is 3.00. The number of amides is 1. The van der Waals surface area contributed by atoms with Crippen LogP contribution in [0.4, 0.5) is 0 Å². The van der Waals surface area contributed by atoms with Crippen LogP contribution in [-0.4, -0.2) is 25.8 Å². The van der Waals surface area contributed by atoms with Gasteiger partial charge in [0.05, 0.1) is 6.61 Å². The molecule has 0 aliphatic carbocycles. The van der Waals surface area contributed by atoms with Gasteiger partial charge in [-0.25, -0.2) is 0 Å². The van der Waals surface area contributed by atoms with Gasteiger partial charge < -0.3 is 10.1 Å². The van der Waals surface area contributed by atoms with Gasteiger partial charge in [0.1, 0.15) is 0 Å². The Morgan fingerprint density at radius 3 is 2.60 bits per heavy atom. The summed E-state index contributed by atoms with van der Waals surface area (Å²) in [5.74, 6) is -1.15. The number of methoxy groups -OCH3 is 1. The van der Waals surface area contributed by atoms with E-state index in [1.807, 2.05) is 0 Å². The van der Waals surface area contributed by atoms with Crippen LogP contribution >= 0.6 is 0 Å². The van der Waals surface area contributed by atoms with Gasteiger partial charge in [-0.2, -0.15) is 0 Å². The van der Waals surface area contributed by atoms with Crippen molar-refractivity contribution >= 4 is 11.7 Å². The Hall–Kier alpha value is -1.68. The van der Waals surface area contributed by atoms with E-state index in [2.05, 4.69) is 5.32 Å². The first-order valence-corrected chi connectivity index (χ1v) is 4.54. The van der Waals surface area contributed by atoms with Crippen LogP contribution in [0.15, 0.2) is 24.3 Å². The summed E-state index contributed by atoms with van der Waals surface area (Å²) in [5, 5.41) is 2.30. The van der Waals surface area contributed by atoms with Crippen molar-refractivity contribution in [2.24, 2.45) is 0 Å². The second kappa shape index (κ2) is 5.26. The lowest BCUT2D eigenvalue weighted by atomic mass is 10.0. The average Bonchev–Trinajstić information content (AvgIpc) is 2.28. The molecule has 4 heteroatoms. The number of ketones is 1. The molecule has 0 heterocycles. The summed E-state index contributed by atoms with van der Waals surface area (Å²) in [6.07, 6.45) is 0. The molecule has 0 spiro atoms. The van der Waals surface area contributed by atoms with Gasteiger partial charge in [-0.1, -0.05) is 24.3 Å². The van der Waals surface area contributed by atoms with Crippen molar-refractivity contribution in [3.05, 3.63) is 35.4 Å². The molecule has 80 valence electrons. The molecular formula is C11H13NO3. The van der Waals surface area contributed by atoms with Gasteiger partial charge >= 0.3 is 0 Å². The van der Waals surface area contributed by atoms with Crippen molar-refractivity contribution in [3.8, 4) is 0 Å². The Kier molecular flexibility index (Phi) is 4.00. The number of ether oxygens (including phenoxy) is 1. The van der Waals surface area contributed by atoms with Crippen LogP contribution in [0, 0.1) is 0 Å². The van der Waals surface area contributed by atoms with Gasteiger partial charge in [0.25, 0.3) is 11.7 Å². The lowest BCUT2D eigenvalue weighted by Gasteiger charge is -2.06. The number of likely N-dealkylation sites (N-methyl/N-ethyl adjacent to an activating group) is 1. The number of benzene rings is 1. The highest BCUT2D eigenvalue weighted by atomic mass is 16.5. The third kappa shape index (κ3) is 2.63. The molecule has 0 fully saturated rings. The van der Waals surface area contributed by atoms with Crippen LogP contribution < -0.4 is 5.32 Å². The van der Waals surface area contributed by atoms with Crippen molar-refractivity contribution in [3.63, 3.8) is 0 Å². The number of hydrogen-bond acceptors (Lipinski definition) is 3. The van der Waals surface area contributed by atoms with E-state index in [0.29, 0.717) is 17.7 Å². The first-order valence-electron chi connectivity index (χ1n) is 4.54. The maximum Gasteiger partial charge on any atom is 0.292 e. The zero-order valence-corrected chi connectivity index (χ0v) is 8.74. The summed E-state index contributed by atoms with van der Waals surface area (Å²) < 4.78 is 4.95. The third-order valence-electron chi connectivity index (χ3n) is 2.00. The largest absolute Gasteiger partial charge is 0.380 e. The van der Waals surface area contributed by atoms with E-state index in [1.165, 1.54) is 7.05 Å². The Morgan fingerprint density at radius 1 is 1.33 bits per heavy atom. The van der Waals surface area contributed by atoms with Crippen molar-refractivity contribution in [1.29, 1.82) is 0 Å². The second-order valence-corrected chi connectivity index (χ2v) is 3.00. The molecule has 0 radical (unpaired) electrons. The molecule has 1 rings (SSSR count). The van der Waals surface area contributed by atoms with Crippen LogP contribution in [0.5, 0.6) is 0 Å². The molecule has 0 saturated heterocycles. The molecule has 0 aliphatic heterocycles. The van der Waals surface area contributed by atoms with Crippen molar-refractivity contribution < 1.29 is 14.3 Å². The summed E-state index contributed by atoms with van der Waals surface area (Å²) in [6.45, 7) is 0.318. The van der Waals surface area contributed by atoms with Crippen molar-refractivity contribution in [2.45, 2.75) is 6.61 Å². The third-order valence-corrected chi connectivity index (χ3v) is 2.00. The number of Topliss-reactive ketones (excluding diaryl/α,β-unsaturated/α-hetero) is 1. The predicted octanol–water partition coefficient (Wildman–Crippen LogP) is 0.762. The molecule has 0 unspecified atom stereocenters. The minimum atomic E-state index is -0.612. The number of nitrogens with one attached hydrogen (secondary N) is 1. The lowest BCUT2D eigenvalue weighted by molar-refractivity contribution is -0.116. The molecule has 0 atom stereocenters. The summed E-state index contributed by atoms with van der Waals surface area (Å²) >= 11 is 0. The Balaban J connectivity index is 3.02. The van der Waals surface area contributed by atoms with Gasteiger partial charge in [0, 0.05) is 19.7 Å². The van der Waals surface area contributed by atoms with Gasteiger partial charge in [0.2, 0.25) is 0 Å². The predicted molar refractivity (Wildman–Crippen MR) is 55.6 cm³/mol. The minimum Gasteiger partial charge on any atom is -0.380 e. The fourth-order valence-electron chi connectivity index (χ4n) is 1.26. The van der Waals surface area contributed by atoms with Crippen LogP contribution in [0.2, 0.25) is 0 Å². The van der Waals surface area contributed by atoms with Crippen molar-refractivity contribution in [1.82, 2.24) is 5.32 Å². The molecule has 1 aromatic rings. The van der Waals surface area contributed by atoms with Crippen LogP contribution in [0.25, 0.3) is 0 Å². The fraction of sp³-hybridized carbons (Fsp3) is 0.273. The van der Waals surface area contributed by atoms with Crippen LogP contribution in [0.1, 0.15) is 15.9 Å². The highest BCUT2D eigenvalue weighted by Gasteiger charge is 2.17. The van der Waals surface area contributed by atoms with E-state index in [-0.39, 0.29) is 0 Å². The van der Waals surface area contributed by atoms with Gasteiger partial charge in [0.15, 0.2) is 0 Å². The monoisotopic (exact) mass is 207 g/mol. The molecule has 1 N–H and O–H groups in total. The smallest absolute Gasteiger partial charge is 0.292 e. The molecule has 0 aliphatic rings. The SMILES string of the molecule is CNC(=O)C(=O)c1ccccc1COC. The Bertz CT molecular complexity index is 374. The summed E-state index contributed by atoms with van der Waals surface area (Å²) in [7, 11) is 2.97. The first kappa shape index (κ1) is 11.4. The van der Waals surface area contributed by atoms with Crippen molar-refractivity contribution in [2.75, 3.05) is 14.2 Å². The van der Waals surface area contributed by atoms with Crippen LogP contribution in [0.3, 0.4) is 0 Å². The highest BCUT2D eigenvalue weighted by Crippen LogP contribution is 2.10. The fourth-order valence-corrected chi connectivity index (χ4v) is 1.26. The summed E-state index contributed by atoms with van der Waals surface area (Å²) in [4.78, 5) is 22.8. The van der Waals surface area contributed by atoms with Gasteiger partial charge in [-0.3, -0.25) is 9.59 Å². The minimum absolute atomic E-state index is 0.318. The maximum atomic E-state index is 11.6. The molecular weight excluding hydrogens is 194 g/mol. The molecule has 1 amide bonds. The average molecular weight is 207 g/mol. The van der Waals surface area contributed by atoms with Crippen LogP contribution in [-0.2, 0) is 16.1 Å². The topological polar surface area (TPSA) is 55.4 Å². The van der Waals surface area contributed by atoms with E-state index in [1.54, 1.807) is 31.4 Å². The number of carbonyl (C=O) groups excluding carboxylic acids is 2.